The zero-order valence-electron chi connectivity index (χ0n) is 24.8. The summed E-state index contributed by atoms with van der Waals surface area (Å²) in [4.78, 5) is 28.3. The first-order valence-corrected chi connectivity index (χ1v) is 15.6. The molecule has 6 rings (SSSR count). The molecule has 220 valence electrons. The Morgan fingerprint density at radius 1 is 0.902 bits per heavy atom. The molecule has 0 aromatic heterocycles. The van der Waals surface area contributed by atoms with Crippen LogP contribution in [0.15, 0.2) is 36.4 Å². The van der Waals surface area contributed by atoms with Crippen molar-refractivity contribution in [2.75, 3.05) is 13.2 Å². The largest absolute Gasteiger partial charge is 0.508 e. The van der Waals surface area contributed by atoms with E-state index in [4.69, 9.17) is 4.74 Å². The Labute approximate surface area is 243 Å². The number of hydrogen-bond donors (Lipinski definition) is 3. The standard InChI is InChI=1S/C35H45NO5/c1-33-16-5-17-35(3,30(33)14-10-23-8-12-25(21-29(23)33)41-19-18-37)32(40)36-31(39)34(2)15-4-6-26-27-20-24(38)11-7-22(27)9-13-28(26)34/h7-8,11-12,20-21,26,28,30,37-38H,4-6,9-10,13-19H2,1-3H3,(H,36,39,40)/t26?,28-,30-,33-,34+,35+/m1/s1. The lowest BCUT2D eigenvalue weighted by Gasteiger charge is -2.54. The van der Waals surface area contributed by atoms with Crippen LogP contribution in [0.25, 0.3) is 0 Å². The Morgan fingerprint density at radius 2 is 1.63 bits per heavy atom. The molecule has 4 aliphatic rings. The van der Waals surface area contributed by atoms with E-state index in [1.54, 1.807) is 6.07 Å². The number of aryl methyl sites for hydroxylation is 2. The normalized spacial score (nSPS) is 33.9. The number of amides is 2. The predicted octanol–water partition coefficient (Wildman–Crippen LogP) is 5.95. The number of carbonyl (C=O) groups excluding carboxylic acids is 2. The van der Waals surface area contributed by atoms with Gasteiger partial charge in [-0.3, -0.25) is 14.9 Å². The van der Waals surface area contributed by atoms with Gasteiger partial charge in [0.15, 0.2) is 0 Å². The molecule has 3 N–H and O–H groups in total. The lowest BCUT2D eigenvalue weighted by molar-refractivity contribution is -0.149. The highest BCUT2D eigenvalue weighted by Crippen LogP contribution is 2.58. The van der Waals surface area contributed by atoms with E-state index in [0.29, 0.717) is 0 Å². The number of rotatable bonds is 5. The molecule has 0 saturated heterocycles. The van der Waals surface area contributed by atoms with E-state index in [1.165, 1.54) is 22.3 Å². The van der Waals surface area contributed by atoms with E-state index in [9.17, 15) is 19.8 Å². The van der Waals surface area contributed by atoms with Crippen LogP contribution in [0.1, 0.15) is 100 Å². The van der Waals surface area contributed by atoms with E-state index in [-0.39, 0.29) is 53.9 Å². The third kappa shape index (κ3) is 4.57. The number of ether oxygens (including phenoxy) is 1. The molecule has 6 heteroatoms. The number of benzene rings is 2. The Hall–Kier alpha value is -2.86. The molecular formula is C35H45NO5. The molecule has 2 aromatic carbocycles. The van der Waals surface area contributed by atoms with Crippen LogP contribution >= 0.6 is 0 Å². The Balaban J connectivity index is 1.24. The number of phenols is 1. The number of imide groups is 1. The first kappa shape index (κ1) is 28.3. The Kier molecular flexibility index (Phi) is 7.20. The van der Waals surface area contributed by atoms with Crippen molar-refractivity contribution in [1.29, 1.82) is 0 Å². The maximum Gasteiger partial charge on any atom is 0.232 e. The van der Waals surface area contributed by atoms with Crippen molar-refractivity contribution in [3.8, 4) is 11.5 Å². The molecule has 0 aliphatic heterocycles. The van der Waals surface area contributed by atoms with Crippen LogP contribution in [-0.4, -0.2) is 35.2 Å². The third-order valence-corrected chi connectivity index (χ3v) is 11.7. The fourth-order valence-electron chi connectivity index (χ4n) is 9.51. The molecule has 6 nitrogen and oxygen atoms in total. The van der Waals surface area contributed by atoms with Gasteiger partial charge in [0.05, 0.1) is 17.4 Å². The van der Waals surface area contributed by atoms with Gasteiger partial charge in [-0.15, -0.1) is 0 Å². The second-order valence-electron chi connectivity index (χ2n) is 13.9. The highest BCUT2D eigenvalue weighted by atomic mass is 16.5. The Morgan fingerprint density at radius 3 is 2.44 bits per heavy atom. The molecule has 0 radical (unpaired) electrons. The van der Waals surface area contributed by atoms with Crippen LogP contribution in [0.5, 0.6) is 11.5 Å². The lowest BCUT2D eigenvalue weighted by atomic mass is 9.49. The zero-order chi connectivity index (χ0) is 29.0. The number of aliphatic hydroxyl groups is 1. The molecule has 4 aliphatic carbocycles. The van der Waals surface area contributed by atoms with Gasteiger partial charge in [-0.1, -0.05) is 45.7 Å². The zero-order valence-corrected chi connectivity index (χ0v) is 24.8. The third-order valence-electron chi connectivity index (χ3n) is 11.7. The van der Waals surface area contributed by atoms with Gasteiger partial charge in [0, 0.05) is 0 Å². The summed E-state index contributed by atoms with van der Waals surface area (Å²) in [7, 11) is 0. The number of carbonyl (C=O) groups is 2. The Bertz CT molecular complexity index is 1350. The van der Waals surface area contributed by atoms with Gasteiger partial charge >= 0.3 is 0 Å². The molecule has 0 spiro atoms. The van der Waals surface area contributed by atoms with Crippen molar-refractivity contribution in [3.63, 3.8) is 0 Å². The van der Waals surface area contributed by atoms with E-state index in [2.05, 4.69) is 38.2 Å². The molecule has 6 atom stereocenters. The number of phenolic OH excluding ortho intramolecular Hbond substituents is 1. The summed E-state index contributed by atoms with van der Waals surface area (Å²) < 4.78 is 5.76. The number of nitrogens with one attached hydrogen (secondary N) is 1. The minimum atomic E-state index is -0.641. The van der Waals surface area contributed by atoms with Crippen molar-refractivity contribution < 1.29 is 24.5 Å². The highest BCUT2D eigenvalue weighted by Gasteiger charge is 2.56. The van der Waals surface area contributed by atoms with Crippen LogP contribution in [-0.2, 0) is 27.8 Å². The summed E-state index contributed by atoms with van der Waals surface area (Å²) in [6.07, 6.45) is 9.07. The van der Waals surface area contributed by atoms with Gasteiger partial charge in [-0.25, -0.2) is 0 Å². The summed E-state index contributed by atoms with van der Waals surface area (Å²) >= 11 is 0. The van der Waals surface area contributed by atoms with Crippen molar-refractivity contribution in [1.82, 2.24) is 5.32 Å². The first-order valence-electron chi connectivity index (χ1n) is 15.6. The SMILES string of the molecule is C[C@]1(C(=O)NC(=O)[C@@]2(C)CCC[C@]3(C)c4cc(OCCO)ccc4CC[C@@H]23)CCCC2c3cc(O)ccc3CC[C@H]21. The highest BCUT2D eigenvalue weighted by molar-refractivity contribution is 6.00. The maximum absolute atomic E-state index is 14.2. The van der Waals surface area contributed by atoms with Crippen molar-refractivity contribution in [3.05, 3.63) is 58.7 Å². The summed E-state index contributed by atoms with van der Waals surface area (Å²) in [5, 5.41) is 22.4. The van der Waals surface area contributed by atoms with Crippen LogP contribution in [0.3, 0.4) is 0 Å². The van der Waals surface area contributed by atoms with Crippen LogP contribution < -0.4 is 10.1 Å². The molecule has 41 heavy (non-hydrogen) atoms. The summed E-state index contributed by atoms with van der Waals surface area (Å²) in [5.74, 6) is 1.31. The molecule has 2 aromatic rings. The smallest absolute Gasteiger partial charge is 0.232 e. The fraction of sp³-hybridized carbons (Fsp3) is 0.600. The minimum Gasteiger partial charge on any atom is -0.508 e. The molecular weight excluding hydrogens is 514 g/mol. The summed E-state index contributed by atoms with van der Waals surface area (Å²) in [6, 6.07) is 11.9. The predicted molar refractivity (Wildman–Crippen MR) is 158 cm³/mol. The topological polar surface area (TPSA) is 95.9 Å². The molecule has 0 heterocycles. The van der Waals surface area contributed by atoms with E-state index in [0.717, 1.165) is 70.0 Å². The fourth-order valence-corrected chi connectivity index (χ4v) is 9.51. The van der Waals surface area contributed by atoms with E-state index >= 15 is 0 Å². The summed E-state index contributed by atoms with van der Waals surface area (Å²) in [6.45, 7) is 6.67. The maximum atomic E-state index is 14.2. The van der Waals surface area contributed by atoms with Gasteiger partial charge < -0.3 is 14.9 Å². The van der Waals surface area contributed by atoms with E-state index < -0.39 is 10.8 Å². The van der Waals surface area contributed by atoms with Crippen LogP contribution in [0, 0.1) is 22.7 Å². The second kappa shape index (κ2) is 10.4. The first-order chi connectivity index (χ1) is 19.6. The molecule has 2 amide bonds. The summed E-state index contributed by atoms with van der Waals surface area (Å²) in [5.41, 5.74) is 3.58. The van der Waals surface area contributed by atoms with Gasteiger partial charge in [0.25, 0.3) is 0 Å². The molecule has 1 unspecified atom stereocenters. The molecule has 2 fully saturated rings. The van der Waals surface area contributed by atoms with Crippen molar-refractivity contribution >= 4 is 11.8 Å². The number of hydrogen-bond acceptors (Lipinski definition) is 5. The lowest BCUT2D eigenvalue weighted by Crippen LogP contribution is -2.58. The second-order valence-corrected chi connectivity index (χ2v) is 13.9. The van der Waals surface area contributed by atoms with Gasteiger partial charge in [0.1, 0.15) is 18.1 Å². The minimum absolute atomic E-state index is 0.0290. The molecule has 0 bridgehead atoms. The average Bonchev–Trinajstić information content (AvgIpc) is 2.96. The van der Waals surface area contributed by atoms with Crippen molar-refractivity contribution in [2.45, 2.75) is 96.3 Å². The van der Waals surface area contributed by atoms with E-state index in [1.807, 2.05) is 18.2 Å². The van der Waals surface area contributed by atoms with Crippen LogP contribution in [0.4, 0.5) is 0 Å². The van der Waals surface area contributed by atoms with Gasteiger partial charge in [0.2, 0.25) is 11.8 Å². The molecule has 2 saturated carbocycles. The number of aromatic hydroxyl groups is 1. The number of aliphatic hydroxyl groups excluding tert-OH is 1. The van der Waals surface area contributed by atoms with Crippen LogP contribution in [0.2, 0.25) is 0 Å². The van der Waals surface area contributed by atoms with Gasteiger partial charge in [-0.2, -0.15) is 0 Å². The quantitative estimate of drug-likeness (QED) is 0.393. The van der Waals surface area contributed by atoms with Crippen molar-refractivity contribution in [2.24, 2.45) is 22.7 Å². The number of fused-ring (bicyclic) bond motifs is 6. The average molecular weight is 560 g/mol. The van der Waals surface area contributed by atoms with Gasteiger partial charge in [-0.05, 0) is 121 Å². The monoisotopic (exact) mass is 559 g/mol.